The van der Waals surface area contributed by atoms with Crippen LogP contribution in [0.5, 0.6) is 0 Å². The molecule has 1 atom stereocenters. The van der Waals surface area contributed by atoms with Gasteiger partial charge in [-0.2, -0.15) is 0 Å². The molecule has 3 heterocycles. The minimum absolute atomic E-state index is 0.520. The molecule has 4 N–H and O–H groups in total. The second kappa shape index (κ2) is 6.63. The van der Waals surface area contributed by atoms with Crippen molar-refractivity contribution in [3.63, 3.8) is 0 Å². The number of piperidine rings is 2. The van der Waals surface area contributed by atoms with Gasteiger partial charge in [0.1, 0.15) is 5.82 Å². The number of hydrogen-bond donors (Lipinski definition) is 3. The normalized spacial score (nSPS) is 30.5. The third kappa shape index (κ3) is 3.09. The molecule has 1 unspecified atom stereocenters. The van der Waals surface area contributed by atoms with Gasteiger partial charge in [-0.3, -0.25) is 4.90 Å². The smallest absolute Gasteiger partial charge is 0.369 e. The molecule has 0 aromatic rings. The van der Waals surface area contributed by atoms with Crippen molar-refractivity contribution in [2.45, 2.75) is 45.3 Å². The van der Waals surface area contributed by atoms with Crippen molar-refractivity contribution in [2.75, 3.05) is 26.2 Å². The minimum atomic E-state index is -1.43. The Morgan fingerprint density at radius 1 is 1.21 bits per heavy atom. The highest BCUT2D eigenvalue weighted by molar-refractivity contribution is 5.87. The zero-order valence-corrected chi connectivity index (χ0v) is 14.7. The first-order valence-electron chi connectivity index (χ1n) is 8.99. The highest BCUT2D eigenvalue weighted by Gasteiger charge is 2.48. The molecule has 0 aromatic carbocycles. The molecule has 134 valence electrons. The molecule has 24 heavy (non-hydrogen) atoms. The van der Waals surface area contributed by atoms with Gasteiger partial charge in [0.15, 0.2) is 0 Å². The molecule has 0 aliphatic carbocycles. The van der Waals surface area contributed by atoms with Gasteiger partial charge in [0.25, 0.3) is 5.79 Å². The number of allylic oxidation sites excluding steroid dienone is 1. The molecule has 0 spiro atoms. The van der Waals surface area contributed by atoms with E-state index in [1.807, 2.05) is 4.90 Å². The van der Waals surface area contributed by atoms with Gasteiger partial charge in [-0.1, -0.05) is 13.8 Å². The topological polar surface area (TPSA) is 94.2 Å². The lowest BCUT2D eigenvalue weighted by Crippen LogP contribution is -2.67. The summed E-state index contributed by atoms with van der Waals surface area (Å²) in [5.41, 5.74) is 6.65. The molecule has 3 rings (SSSR count). The summed E-state index contributed by atoms with van der Waals surface area (Å²) >= 11 is 0. The Bertz CT molecular complexity index is 545. The largest absolute Gasteiger partial charge is 0.477 e. The summed E-state index contributed by atoms with van der Waals surface area (Å²) in [4.78, 5) is 20.6. The summed E-state index contributed by atoms with van der Waals surface area (Å²) in [5.74, 6) is -0.348. The molecule has 0 aromatic heterocycles. The zero-order valence-electron chi connectivity index (χ0n) is 14.7. The second-order valence-corrected chi connectivity index (χ2v) is 7.50. The number of carboxylic acids is 1. The first kappa shape index (κ1) is 17.1. The van der Waals surface area contributed by atoms with Gasteiger partial charge in [0.2, 0.25) is 0 Å². The number of nitrogens with two attached hydrogens (primary N) is 1. The molecule has 2 saturated heterocycles. The van der Waals surface area contributed by atoms with E-state index in [1.165, 1.54) is 6.21 Å². The van der Waals surface area contributed by atoms with E-state index in [4.69, 9.17) is 5.73 Å². The van der Waals surface area contributed by atoms with Gasteiger partial charge in [0.05, 0.1) is 11.9 Å². The number of nitrogens with one attached hydrogen (secondary N) is 1. The fraction of sp³-hybridized carbons (Fsp3) is 0.765. The van der Waals surface area contributed by atoms with E-state index in [-0.39, 0.29) is 0 Å². The molecular weight excluding hydrogens is 306 g/mol. The van der Waals surface area contributed by atoms with Crippen LogP contribution in [-0.4, -0.2) is 59.1 Å². The quantitative estimate of drug-likeness (QED) is 0.712. The van der Waals surface area contributed by atoms with Gasteiger partial charge < -0.3 is 21.1 Å². The third-order valence-corrected chi connectivity index (χ3v) is 5.60. The number of hydrogen-bond acceptors (Lipinski definition) is 6. The van der Waals surface area contributed by atoms with E-state index in [0.717, 1.165) is 57.7 Å². The first-order valence-corrected chi connectivity index (χ1v) is 8.99. The van der Waals surface area contributed by atoms with Crippen LogP contribution in [-0.2, 0) is 4.79 Å². The lowest BCUT2D eigenvalue weighted by atomic mass is 9.97. The van der Waals surface area contributed by atoms with Crippen LogP contribution < -0.4 is 11.1 Å². The number of aliphatic carboxylic acids is 1. The molecule has 0 amide bonds. The number of rotatable bonds is 3. The van der Waals surface area contributed by atoms with Crippen LogP contribution in [0.1, 0.15) is 39.5 Å². The van der Waals surface area contributed by atoms with Crippen LogP contribution in [0.4, 0.5) is 0 Å². The van der Waals surface area contributed by atoms with Crippen molar-refractivity contribution in [3.8, 4) is 0 Å². The number of carbonyl (C=O) groups is 1. The van der Waals surface area contributed by atoms with Crippen LogP contribution in [0, 0.1) is 11.8 Å². The van der Waals surface area contributed by atoms with E-state index >= 15 is 0 Å². The summed E-state index contributed by atoms with van der Waals surface area (Å²) in [6.45, 7) is 7.70. The summed E-state index contributed by atoms with van der Waals surface area (Å²) in [7, 11) is 0. The van der Waals surface area contributed by atoms with Crippen LogP contribution in [0.2, 0.25) is 0 Å². The zero-order chi connectivity index (χ0) is 17.3. The van der Waals surface area contributed by atoms with E-state index in [1.54, 1.807) is 0 Å². The van der Waals surface area contributed by atoms with Gasteiger partial charge in [-0.25, -0.2) is 9.79 Å². The predicted molar refractivity (Wildman–Crippen MR) is 93.1 cm³/mol. The molecule has 7 nitrogen and oxygen atoms in total. The van der Waals surface area contributed by atoms with Gasteiger partial charge in [-0.15, -0.1) is 0 Å². The standard InChI is InChI=1S/C17H29N5O2/c1-12-3-7-21(8-4-12)15-14(18)11-19-17(20-15,16(23)24)22-9-5-13(2)6-10-22/h11-13,20H,3-10,18H2,1-2H3,(H,23,24). The van der Waals surface area contributed by atoms with Crippen molar-refractivity contribution in [3.05, 3.63) is 11.5 Å². The lowest BCUT2D eigenvalue weighted by Gasteiger charge is -2.46. The van der Waals surface area contributed by atoms with Crippen molar-refractivity contribution in [1.82, 2.24) is 15.1 Å². The molecule has 3 aliphatic heterocycles. The van der Waals surface area contributed by atoms with Crippen LogP contribution in [0.3, 0.4) is 0 Å². The molecule has 0 bridgehead atoms. The van der Waals surface area contributed by atoms with E-state index in [9.17, 15) is 9.90 Å². The molecular formula is C17H29N5O2. The first-order chi connectivity index (χ1) is 11.4. The van der Waals surface area contributed by atoms with Crippen LogP contribution in [0.25, 0.3) is 0 Å². The molecule has 2 fully saturated rings. The van der Waals surface area contributed by atoms with Crippen molar-refractivity contribution < 1.29 is 9.90 Å². The minimum Gasteiger partial charge on any atom is -0.477 e. The Balaban J connectivity index is 1.82. The molecule has 0 saturated carbocycles. The maximum atomic E-state index is 12.1. The van der Waals surface area contributed by atoms with Crippen molar-refractivity contribution in [2.24, 2.45) is 22.6 Å². The van der Waals surface area contributed by atoms with Gasteiger partial charge >= 0.3 is 5.97 Å². The average Bonchev–Trinajstić information content (AvgIpc) is 2.57. The predicted octanol–water partition coefficient (Wildman–Crippen LogP) is 0.990. The monoisotopic (exact) mass is 335 g/mol. The van der Waals surface area contributed by atoms with E-state index in [2.05, 4.69) is 29.1 Å². The summed E-state index contributed by atoms with van der Waals surface area (Å²) in [6.07, 6.45) is 5.69. The SMILES string of the molecule is CC1CCN(C2=C(N)C=NC(C(=O)O)(N3CCC(C)CC3)N2)CC1. The van der Waals surface area contributed by atoms with Gasteiger partial charge in [-0.05, 0) is 37.5 Å². The fourth-order valence-electron chi connectivity index (χ4n) is 3.72. The fourth-order valence-corrected chi connectivity index (χ4v) is 3.72. The van der Waals surface area contributed by atoms with E-state index in [0.29, 0.717) is 17.5 Å². The highest BCUT2D eigenvalue weighted by Crippen LogP contribution is 2.29. The number of nitrogens with zero attached hydrogens (tertiary/aromatic N) is 3. The van der Waals surface area contributed by atoms with Crippen molar-refractivity contribution >= 4 is 12.2 Å². The molecule has 0 radical (unpaired) electrons. The number of aliphatic imine (C=N–C) groups is 1. The summed E-state index contributed by atoms with van der Waals surface area (Å²) in [5, 5.41) is 13.1. The Kier molecular flexibility index (Phi) is 4.71. The second-order valence-electron chi connectivity index (χ2n) is 7.50. The molecule has 7 heteroatoms. The summed E-state index contributed by atoms with van der Waals surface area (Å²) in [6, 6.07) is 0. The van der Waals surface area contributed by atoms with E-state index < -0.39 is 11.8 Å². The third-order valence-electron chi connectivity index (χ3n) is 5.60. The number of carboxylic acid groups (broad SMARTS) is 1. The van der Waals surface area contributed by atoms with Crippen LogP contribution in [0.15, 0.2) is 16.5 Å². The Hall–Kier alpha value is -1.76. The molecule has 3 aliphatic rings. The Morgan fingerprint density at radius 3 is 2.29 bits per heavy atom. The highest BCUT2D eigenvalue weighted by atomic mass is 16.4. The lowest BCUT2D eigenvalue weighted by molar-refractivity contribution is -0.155. The summed E-state index contributed by atoms with van der Waals surface area (Å²) < 4.78 is 0. The number of likely N-dealkylation sites (tertiary alicyclic amines) is 2. The van der Waals surface area contributed by atoms with Crippen molar-refractivity contribution in [1.29, 1.82) is 0 Å². The average molecular weight is 335 g/mol. The maximum absolute atomic E-state index is 12.1. The van der Waals surface area contributed by atoms with Gasteiger partial charge in [0, 0.05) is 26.2 Å². The van der Waals surface area contributed by atoms with Crippen LogP contribution >= 0.6 is 0 Å². The Labute approximate surface area is 143 Å². The Morgan fingerprint density at radius 2 is 1.75 bits per heavy atom. The maximum Gasteiger partial charge on any atom is 0.369 e.